The van der Waals surface area contributed by atoms with E-state index in [2.05, 4.69) is 62.6 Å². The van der Waals surface area contributed by atoms with E-state index in [4.69, 9.17) is 0 Å². The highest BCUT2D eigenvalue weighted by atomic mass is 16.1. The second kappa shape index (κ2) is 7.95. The van der Waals surface area contributed by atoms with Crippen LogP contribution < -0.4 is 10.6 Å². The van der Waals surface area contributed by atoms with Gasteiger partial charge in [-0.25, -0.2) is 0 Å². The standard InChI is InChI=1S/C16H26N2O/c1-5-13(4)17-11-16(19)18-15(6-2)14-9-7-12(3)8-10-14/h7-10,13,15,17H,5-6,11H2,1-4H3,(H,18,19). The fraction of sp³-hybridized carbons (Fsp3) is 0.562. The van der Waals surface area contributed by atoms with E-state index in [0.717, 1.165) is 12.8 Å². The van der Waals surface area contributed by atoms with Crippen molar-refractivity contribution >= 4 is 5.91 Å². The molecule has 106 valence electrons. The number of carbonyl (C=O) groups excluding carboxylic acids is 1. The Kier molecular flexibility index (Phi) is 6.57. The fourth-order valence-electron chi connectivity index (χ4n) is 1.88. The molecular weight excluding hydrogens is 236 g/mol. The summed E-state index contributed by atoms with van der Waals surface area (Å²) in [5, 5.41) is 6.29. The molecule has 1 aromatic carbocycles. The fourth-order valence-corrected chi connectivity index (χ4v) is 1.88. The van der Waals surface area contributed by atoms with E-state index in [-0.39, 0.29) is 11.9 Å². The highest BCUT2D eigenvalue weighted by Crippen LogP contribution is 2.16. The van der Waals surface area contributed by atoms with Crippen LogP contribution in [0.3, 0.4) is 0 Å². The van der Waals surface area contributed by atoms with Crippen LogP contribution in [0.5, 0.6) is 0 Å². The molecular formula is C16H26N2O. The zero-order valence-electron chi connectivity index (χ0n) is 12.5. The van der Waals surface area contributed by atoms with E-state index < -0.39 is 0 Å². The molecule has 1 rings (SSSR count). The van der Waals surface area contributed by atoms with Crippen LogP contribution in [-0.4, -0.2) is 18.5 Å². The molecule has 0 spiro atoms. The van der Waals surface area contributed by atoms with Crippen LogP contribution in [0.15, 0.2) is 24.3 Å². The van der Waals surface area contributed by atoms with Gasteiger partial charge in [0.15, 0.2) is 0 Å². The maximum Gasteiger partial charge on any atom is 0.234 e. The molecule has 3 heteroatoms. The smallest absolute Gasteiger partial charge is 0.234 e. The van der Waals surface area contributed by atoms with Crippen molar-refractivity contribution in [3.63, 3.8) is 0 Å². The van der Waals surface area contributed by atoms with Gasteiger partial charge in [-0.2, -0.15) is 0 Å². The van der Waals surface area contributed by atoms with Gasteiger partial charge in [0, 0.05) is 6.04 Å². The molecule has 19 heavy (non-hydrogen) atoms. The summed E-state index contributed by atoms with van der Waals surface area (Å²) >= 11 is 0. The van der Waals surface area contributed by atoms with Gasteiger partial charge in [-0.1, -0.05) is 43.7 Å². The lowest BCUT2D eigenvalue weighted by Crippen LogP contribution is -2.39. The van der Waals surface area contributed by atoms with E-state index in [1.54, 1.807) is 0 Å². The van der Waals surface area contributed by atoms with Gasteiger partial charge in [-0.05, 0) is 32.3 Å². The molecule has 0 bridgehead atoms. The SMILES string of the molecule is CCC(C)NCC(=O)NC(CC)c1ccc(C)cc1. The molecule has 0 aromatic heterocycles. The summed E-state index contributed by atoms with van der Waals surface area (Å²) in [4.78, 5) is 11.9. The number of aryl methyl sites for hydroxylation is 1. The van der Waals surface area contributed by atoms with Crippen LogP contribution in [0, 0.1) is 6.92 Å². The van der Waals surface area contributed by atoms with Gasteiger partial charge in [0.2, 0.25) is 5.91 Å². The van der Waals surface area contributed by atoms with Crippen molar-refractivity contribution in [2.45, 2.75) is 52.6 Å². The van der Waals surface area contributed by atoms with Gasteiger partial charge in [0.25, 0.3) is 0 Å². The normalized spacial score (nSPS) is 13.9. The van der Waals surface area contributed by atoms with Crippen molar-refractivity contribution < 1.29 is 4.79 Å². The molecule has 0 heterocycles. The van der Waals surface area contributed by atoms with Crippen molar-refractivity contribution in [3.8, 4) is 0 Å². The maximum atomic E-state index is 11.9. The Bertz CT molecular complexity index is 386. The largest absolute Gasteiger partial charge is 0.348 e. The first-order chi connectivity index (χ1) is 9.06. The van der Waals surface area contributed by atoms with Crippen molar-refractivity contribution in [1.29, 1.82) is 0 Å². The summed E-state index contributed by atoms with van der Waals surface area (Å²) in [6.07, 6.45) is 1.93. The number of carbonyl (C=O) groups is 1. The van der Waals surface area contributed by atoms with Gasteiger partial charge in [0.1, 0.15) is 0 Å². The molecule has 2 unspecified atom stereocenters. The minimum atomic E-state index is 0.0627. The third kappa shape index (κ3) is 5.43. The van der Waals surface area contributed by atoms with Gasteiger partial charge >= 0.3 is 0 Å². The van der Waals surface area contributed by atoms with E-state index >= 15 is 0 Å². The monoisotopic (exact) mass is 262 g/mol. The predicted octanol–water partition coefficient (Wildman–Crippen LogP) is 2.95. The Morgan fingerprint density at radius 1 is 1.16 bits per heavy atom. The lowest BCUT2D eigenvalue weighted by molar-refractivity contribution is -0.121. The van der Waals surface area contributed by atoms with Crippen molar-refractivity contribution in [1.82, 2.24) is 10.6 Å². The van der Waals surface area contributed by atoms with Gasteiger partial charge in [0.05, 0.1) is 12.6 Å². The Morgan fingerprint density at radius 2 is 1.79 bits per heavy atom. The second-order valence-electron chi connectivity index (χ2n) is 5.13. The molecule has 3 nitrogen and oxygen atoms in total. The van der Waals surface area contributed by atoms with Crippen LogP contribution >= 0.6 is 0 Å². The molecule has 0 saturated heterocycles. The first kappa shape index (κ1) is 15.7. The summed E-state index contributed by atoms with van der Waals surface area (Å²) in [6.45, 7) is 8.74. The molecule has 2 N–H and O–H groups in total. The zero-order chi connectivity index (χ0) is 14.3. The van der Waals surface area contributed by atoms with Crippen LogP contribution in [0.4, 0.5) is 0 Å². The van der Waals surface area contributed by atoms with Crippen LogP contribution in [0.25, 0.3) is 0 Å². The van der Waals surface area contributed by atoms with E-state index in [0.29, 0.717) is 12.6 Å². The first-order valence-corrected chi connectivity index (χ1v) is 7.16. The van der Waals surface area contributed by atoms with Crippen molar-refractivity contribution in [3.05, 3.63) is 35.4 Å². The summed E-state index contributed by atoms with van der Waals surface area (Å²) in [6, 6.07) is 8.83. The van der Waals surface area contributed by atoms with E-state index in [1.165, 1.54) is 11.1 Å². The average Bonchev–Trinajstić information content (AvgIpc) is 2.43. The number of rotatable bonds is 7. The van der Waals surface area contributed by atoms with Crippen molar-refractivity contribution in [2.75, 3.05) is 6.54 Å². The Balaban J connectivity index is 2.52. The van der Waals surface area contributed by atoms with Crippen molar-refractivity contribution in [2.24, 2.45) is 0 Å². The lowest BCUT2D eigenvalue weighted by atomic mass is 10.0. The molecule has 2 atom stereocenters. The average molecular weight is 262 g/mol. The minimum absolute atomic E-state index is 0.0627. The van der Waals surface area contributed by atoms with Crippen LogP contribution in [-0.2, 0) is 4.79 Å². The summed E-state index contributed by atoms with van der Waals surface area (Å²) in [5.74, 6) is 0.0627. The third-order valence-electron chi connectivity index (χ3n) is 3.45. The van der Waals surface area contributed by atoms with Crippen LogP contribution in [0.2, 0.25) is 0 Å². The number of hydrogen-bond acceptors (Lipinski definition) is 2. The number of hydrogen-bond donors (Lipinski definition) is 2. The molecule has 0 aliphatic rings. The molecule has 0 radical (unpaired) electrons. The Morgan fingerprint density at radius 3 is 2.32 bits per heavy atom. The predicted molar refractivity (Wildman–Crippen MR) is 80.1 cm³/mol. The lowest BCUT2D eigenvalue weighted by Gasteiger charge is -2.19. The third-order valence-corrected chi connectivity index (χ3v) is 3.45. The molecule has 0 saturated carbocycles. The summed E-state index contributed by atoms with van der Waals surface area (Å²) in [5.41, 5.74) is 2.41. The number of benzene rings is 1. The molecule has 0 aliphatic heterocycles. The molecule has 0 aliphatic carbocycles. The molecule has 0 fully saturated rings. The molecule has 1 aromatic rings. The quantitative estimate of drug-likeness (QED) is 0.793. The maximum absolute atomic E-state index is 11.9. The Labute approximate surface area is 116 Å². The highest BCUT2D eigenvalue weighted by molar-refractivity contribution is 5.78. The minimum Gasteiger partial charge on any atom is -0.348 e. The van der Waals surface area contributed by atoms with Gasteiger partial charge < -0.3 is 10.6 Å². The number of nitrogens with one attached hydrogen (secondary N) is 2. The molecule has 1 amide bonds. The summed E-state index contributed by atoms with van der Waals surface area (Å²) in [7, 11) is 0. The Hall–Kier alpha value is -1.35. The highest BCUT2D eigenvalue weighted by Gasteiger charge is 2.12. The first-order valence-electron chi connectivity index (χ1n) is 7.16. The van der Waals surface area contributed by atoms with Crippen LogP contribution in [0.1, 0.15) is 50.8 Å². The van der Waals surface area contributed by atoms with E-state index in [1.807, 2.05) is 0 Å². The van der Waals surface area contributed by atoms with Gasteiger partial charge in [-0.15, -0.1) is 0 Å². The van der Waals surface area contributed by atoms with Gasteiger partial charge in [-0.3, -0.25) is 4.79 Å². The van der Waals surface area contributed by atoms with E-state index in [9.17, 15) is 4.79 Å². The second-order valence-corrected chi connectivity index (χ2v) is 5.13. The summed E-state index contributed by atoms with van der Waals surface area (Å²) < 4.78 is 0. The zero-order valence-corrected chi connectivity index (χ0v) is 12.5. The topological polar surface area (TPSA) is 41.1 Å². The number of amides is 1.